The first-order valence-electron chi connectivity index (χ1n) is 7.81. The number of amides is 1. The molecule has 2 aliphatic rings. The van der Waals surface area contributed by atoms with E-state index in [0.29, 0.717) is 6.42 Å². The molecule has 0 bridgehead atoms. The number of benzene rings is 1. The van der Waals surface area contributed by atoms with E-state index in [1.165, 1.54) is 0 Å². The SMILES string of the molecule is C[C@H]1[C@H]([Si](C)(C)F)[C@@H](CCO)O[C@]12C(=O)Nc1ccc(I)cc12. The van der Waals surface area contributed by atoms with Crippen molar-refractivity contribution in [1.82, 2.24) is 0 Å². The first-order valence-corrected chi connectivity index (χ1v) is 11.8. The molecule has 4 nitrogen and oxygen atoms in total. The van der Waals surface area contributed by atoms with E-state index in [4.69, 9.17) is 4.74 Å². The van der Waals surface area contributed by atoms with Gasteiger partial charge in [0.25, 0.3) is 5.91 Å². The normalized spacial score (nSPS) is 33.1. The van der Waals surface area contributed by atoms with Crippen LogP contribution in [0.25, 0.3) is 0 Å². The summed E-state index contributed by atoms with van der Waals surface area (Å²) in [6.45, 7) is 5.15. The van der Waals surface area contributed by atoms with Crippen LogP contribution < -0.4 is 5.32 Å². The summed E-state index contributed by atoms with van der Waals surface area (Å²) in [5.74, 6) is -0.490. The van der Waals surface area contributed by atoms with E-state index in [0.717, 1.165) is 14.8 Å². The van der Waals surface area contributed by atoms with Gasteiger partial charge in [-0.1, -0.05) is 6.92 Å². The fraction of sp³-hybridized carbons (Fsp3) is 0.562. The molecule has 0 unspecified atom stereocenters. The fourth-order valence-corrected chi connectivity index (χ4v) is 7.27. The van der Waals surface area contributed by atoms with Gasteiger partial charge in [0.05, 0.1) is 6.10 Å². The summed E-state index contributed by atoms with van der Waals surface area (Å²) in [5, 5.41) is 12.2. The molecule has 4 atom stereocenters. The number of aliphatic hydroxyl groups excluding tert-OH is 1. The minimum absolute atomic E-state index is 0.0742. The quantitative estimate of drug-likeness (QED) is 0.423. The van der Waals surface area contributed by atoms with Crippen LogP contribution in [-0.2, 0) is 15.1 Å². The Labute approximate surface area is 150 Å². The van der Waals surface area contributed by atoms with E-state index in [9.17, 15) is 14.0 Å². The highest BCUT2D eigenvalue weighted by molar-refractivity contribution is 14.1. The van der Waals surface area contributed by atoms with Gasteiger partial charge in [-0.25, -0.2) is 0 Å². The molecule has 126 valence electrons. The van der Waals surface area contributed by atoms with Crippen LogP contribution in [0.2, 0.25) is 18.6 Å². The lowest BCUT2D eigenvalue weighted by Crippen LogP contribution is -2.42. The standard InChI is InChI=1S/C16H21FINO3Si/c1-9-14(23(2,3)17)13(6-7-20)22-16(9)11-8-10(18)4-5-12(11)19-15(16)21/h4-5,8-9,13-14,20H,6-7H2,1-3H3,(H,19,21)/t9-,13+,14-,16+/m0/s1. The Morgan fingerprint density at radius 1 is 1.48 bits per heavy atom. The zero-order valence-electron chi connectivity index (χ0n) is 13.4. The summed E-state index contributed by atoms with van der Waals surface area (Å²) in [4.78, 5) is 12.8. The van der Waals surface area contributed by atoms with Gasteiger partial charge in [-0.15, -0.1) is 0 Å². The number of hydrogen-bond donors (Lipinski definition) is 2. The number of ether oxygens (including phenoxy) is 1. The summed E-state index contributed by atoms with van der Waals surface area (Å²) in [6.07, 6.45) is -0.0832. The number of nitrogens with one attached hydrogen (secondary N) is 1. The van der Waals surface area contributed by atoms with Crippen molar-refractivity contribution in [2.24, 2.45) is 5.92 Å². The summed E-state index contributed by atoms with van der Waals surface area (Å²) >= 11 is 2.20. The van der Waals surface area contributed by atoms with E-state index >= 15 is 0 Å². The third-order valence-corrected chi connectivity index (χ3v) is 8.22. The molecule has 0 aliphatic carbocycles. The molecule has 3 rings (SSSR count). The molecular weight excluding hydrogens is 428 g/mol. The van der Waals surface area contributed by atoms with E-state index in [-0.39, 0.29) is 24.0 Å². The van der Waals surface area contributed by atoms with Gasteiger partial charge in [-0.3, -0.25) is 4.79 Å². The average molecular weight is 449 g/mol. The molecule has 2 heterocycles. The minimum Gasteiger partial charge on any atom is -0.396 e. The van der Waals surface area contributed by atoms with Crippen molar-refractivity contribution in [2.75, 3.05) is 11.9 Å². The minimum atomic E-state index is -3.06. The molecule has 23 heavy (non-hydrogen) atoms. The molecule has 0 aromatic heterocycles. The molecule has 1 saturated heterocycles. The molecule has 1 aromatic rings. The Hall–Kier alpha value is -0.513. The third-order valence-electron chi connectivity index (χ3n) is 5.09. The van der Waals surface area contributed by atoms with Gasteiger partial charge < -0.3 is 19.3 Å². The fourth-order valence-electron chi connectivity index (χ4n) is 4.24. The number of anilines is 1. The lowest BCUT2D eigenvalue weighted by atomic mass is 9.82. The number of carbonyl (C=O) groups excluding carboxylic acids is 1. The Bertz CT molecular complexity index is 651. The monoisotopic (exact) mass is 449 g/mol. The smallest absolute Gasteiger partial charge is 0.261 e. The highest BCUT2D eigenvalue weighted by atomic mass is 127. The van der Waals surface area contributed by atoms with Crippen LogP contribution in [0.5, 0.6) is 0 Å². The molecule has 0 saturated carbocycles. The predicted molar refractivity (Wildman–Crippen MR) is 97.5 cm³/mol. The zero-order chi connectivity index (χ0) is 17.0. The molecule has 1 amide bonds. The Kier molecular flexibility index (Phi) is 4.35. The lowest BCUT2D eigenvalue weighted by Gasteiger charge is -2.30. The average Bonchev–Trinajstić information content (AvgIpc) is 2.88. The lowest BCUT2D eigenvalue weighted by molar-refractivity contribution is -0.143. The van der Waals surface area contributed by atoms with Gasteiger partial charge >= 0.3 is 0 Å². The van der Waals surface area contributed by atoms with Crippen LogP contribution in [0, 0.1) is 9.49 Å². The van der Waals surface area contributed by atoms with E-state index in [2.05, 4.69) is 27.9 Å². The number of fused-ring (bicyclic) bond motifs is 2. The largest absolute Gasteiger partial charge is 0.396 e. The number of aliphatic hydroxyl groups is 1. The van der Waals surface area contributed by atoms with Gasteiger partial charge in [-0.2, -0.15) is 0 Å². The second-order valence-corrected chi connectivity index (χ2v) is 12.0. The number of hydrogen-bond acceptors (Lipinski definition) is 3. The van der Waals surface area contributed by atoms with Gasteiger partial charge in [0, 0.05) is 32.9 Å². The Morgan fingerprint density at radius 3 is 2.78 bits per heavy atom. The maximum atomic E-state index is 15.0. The van der Waals surface area contributed by atoms with Crippen molar-refractivity contribution in [3.63, 3.8) is 0 Å². The number of halogens is 2. The number of rotatable bonds is 3. The second-order valence-electron chi connectivity index (χ2n) is 6.93. The van der Waals surface area contributed by atoms with Crippen LogP contribution in [-0.4, -0.2) is 32.1 Å². The zero-order valence-corrected chi connectivity index (χ0v) is 16.6. The molecule has 1 fully saturated rings. The summed E-state index contributed by atoms with van der Waals surface area (Å²) < 4.78 is 22.2. The van der Waals surface area contributed by atoms with Gasteiger partial charge in [-0.05, 0) is 60.3 Å². The van der Waals surface area contributed by atoms with Gasteiger partial charge in [0.15, 0.2) is 5.60 Å². The van der Waals surface area contributed by atoms with Crippen molar-refractivity contribution < 1.29 is 18.7 Å². The molecule has 1 aromatic carbocycles. The summed E-state index contributed by atoms with van der Waals surface area (Å²) in [6, 6.07) is 5.73. The van der Waals surface area contributed by atoms with Crippen molar-refractivity contribution in [3.05, 3.63) is 27.3 Å². The van der Waals surface area contributed by atoms with E-state index in [1.54, 1.807) is 13.1 Å². The third kappa shape index (κ3) is 2.56. The first-order chi connectivity index (χ1) is 10.7. The maximum Gasteiger partial charge on any atom is 0.261 e. The molecule has 2 N–H and O–H groups in total. The number of carbonyl (C=O) groups is 1. The van der Waals surface area contributed by atoms with Gasteiger partial charge in [0.1, 0.15) is 0 Å². The Morgan fingerprint density at radius 2 is 2.17 bits per heavy atom. The predicted octanol–water partition coefficient (Wildman–Crippen LogP) is 3.40. The topological polar surface area (TPSA) is 58.6 Å². The highest BCUT2D eigenvalue weighted by Gasteiger charge is 2.64. The van der Waals surface area contributed by atoms with Crippen LogP contribution in [0.1, 0.15) is 18.9 Å². The maximum absolute atomic E-state index is 15.0. The Balaban J connectivity index is 2.13. The molecular formula is C16H21FINO3Si. The first kappa shape index (κ1) is 17.3. The summed E-state index contributed by atoms with van der Waals surface area (Å²) in [7, 11) is -3.06. The van der Waals surface area contributed by atoms with E-state index in [1.807, 2.05) is 25.1 Å². The van der Waals surface area contributed by atoms with Crippen molar-refractivity contribution in [3.8, 4) is 0 Å². The van der Waals surface area contributed by atoms with Crippen molar-refractivity contribution >= 4 is 42.6 Å². The summed E-state index contributed by atoms with van der Waals surface area (Å²) in [5.41, 5.74) is 0.0657. The van der Waals surface area contributed by atoms with Crippen molar-refractivity contribution in [2.45, 2.75) is 43.7 Å². The molecule has 7 heteroatoms. The second kappa shape index (κ2) is 5.78. The molecule has 0 radical (unpaired) electrons. The van der Waals surface area contributed by atoms with Crippen LogP contribution in [0.3, 0.4) is 0 Å². The van der Waals surface area contributed by atoms with Gasteiger partial charge in [0.2, 0.25) is 8.41 Å². The van der Waals surface area contributed by atoms with Crippen LogP contribution in [0.15, 0.2) is 18.2 Å². The molecule has 2 aliphatic heterocycles. The van der Waals surface area contributed by atoms with Crippen LogP contribution >= 0.6 is 22.6 Å². The van der Waals surface area contributed by atoms with Crippen LogP contribution in [0.4, 0.5) is 9.80 Å². The van der Waals surface area contributed by atoms with E-state index < -0.39 is 20.1 Å². The molecule has 1 spiro atoms. The van der Waals surface area contributed by atoms with Crippen molar-refractivity contribution in [1.29, 1.82) is 0 Å². The highest BCUT2D eigenvalue weighted by Crippen LogP contribution is 2.58.